The summed E-state index contributed by atoms with van der Waals surface area (Å²) in [5, 5.41) is 11.8. The van der Waals surface area contributed by atoms with E-state index in [0.29, 0.717) is 6.42 Å². The summed E-state index contributed by atoms with van der Waals surface area (Å²) in [6.07, 6.45) is -0.319. The van der Waals surface area contributed by atoms with E-state index in [1.807, 2.05) is 13.8 Å². The Morgan fingerprint density at radius 2 is 2.05 bits per heavy atom. The highest BCUT2D eigenvalue weighted by molar-refractivity contribution is 5.81. The Balaban J connectivity index is 2.66. The van der Waals surface area contributed by atoms with Crippen molar-refractivity contribution in [2.45, 2.75) is 39.3 Å². The summed E-state index contributed by atoms with van der Waals surface area (Å²) < 4.78 is 18.9. The van der Waals surface area contributed by atoms with Crippen molar-refractivity contribution in [1.29, 1.82) is 0 Å². The third-order valence-corrected chi connectivity index (χ3v) is 3.28. The minimum Gasteiger partial charge on any atom is -0.478 e. The number of rotatable bonds is 7. The van der Waals surface area contributed by atoms with Crippen molar-refractivity contribution < 1.29 is 19.0 Å². The average Bonchev–Trinajstić information content (AvgIpc) is 2.45. The highest BCUT2D eigenvalue weighted by atomic mass is 19.1. The van der Waals surface area contributed by atoms with Crippen molar-refractivity contribution in [2.75, 3.05) is 6.61 Å². The van der Waals surface area contributed by atoms with Crippen molar-refractivity contribution in [1.82, 2.24) is 5.32 Å². The third kappa shape index (κ3) is 4.49. The van der Waals surface area contributed by atoms with E-state index in [1.165, 1.54) is 12.1 Å². The first-order valence-corrected chi connectivity index (χ1v) is 6.82. The summed E-state index contributed by atoms with van der Waals surface area (Å²) in [6, 6.07) is 5.82. The lowest BCUT2D eigenvalue weighted by Gasteiger charge is -2.23. The van der Waals surface area contributed by atoms with Crippen LogP contribution in [-0.2, 0) is 4.79 Å². The molecule has 0 aliphatic heterocycles. The lowest BCUT2D eigenvalue weighted by molar-refractivity contribution is -0.129. The molecule has 4 nitrogen and oxygen atoms in total. The standard InChI is InChI=1S/C15H22FNO3/c1-4-13(15(19)17-11(3)10(2)9-18)20-14-8-6-5-7-12(14)16/h5-8,10-11,13,18H,4,9H2,1-3H3,(H,17,19). The molecule has 0 heterocycles. The smallest absolute Gasteiger partial charge is 0.261 e. The minimum atomic E-state index is -0.750. The molecule has 0 aliphatic rings. The predicted octanol–water partition coefficient (Wildman–Crippen LogP) is 2.12. The quantitative estimate of drug-likeness (QED) is 0.806. The van der Waals surface area contributed by atoms with Crippen LogP contribution >= 0.6 is 0 Å². The zero-order valence-corrected chi connectivity index (χ0v) is 12.1. The van der Waals surface area contributed by atoms with Crippen molar-refractivity contribution in [2.24, 2.45) is 5.92 Å². The molecule has 0 fully saturated rings. The Morgan fingerprint density at radius 3 is 2.60 bits per heavy atom. The second kappa shape index (κ2) is 7.85. The van der Waals surface area contributed by atoms with Crippen LogP contribution in [0.3, 0.4) is 0 Å². The molecule has 2 N–H and O–H groups in total. The second-order valence-electron chi connectivity index (χ2n) is 4.90. The van der Waals surface area contributed by atoms with Gasteiger partial charge in [-0.05, 0) is 31.4 Å². The zero-order valence-electron chi connectivity index (χ0n) is 12.1. The SMILES string of the molecule is CCC(Oc1ccccc1F)C(=O)NC(C)C(C)CO. The maximum Gasteiger partial charge on any atom is 0.261 e. The van der Waals surface area contributed by atoms with Gasteiger partial charge >= 0.3 is 0 Å². The summed E-state index contributed by atoms with van der Waals surface area (Å²) in [4.78, 5) is 12.1. The molecule has 1 aromatic carbocycles. The number of hydrogen-bond donors (Lipinski definition) is 2. The van der Waals surface area contributed by atoms with Gasteiger partial charge in [0.05, 0.1) is 0 Å². The fourth-order valence-corrected chi connectivity index (χ4v) is 1.63. The van der Waals surface area contributed by atoms with Crippen molar-refractivity contribution in [3.05, 3.63) is 30.1 Å². The normalized spacial score (nSPS) is 15.2. The van der Waals surface area contributed by atoms with Crippen LogP contribution in [0.5, 0.6) is 5.75 Å². The summed E-state index contributed by atoms with van der Waals surface area (Å²) in [5.74, 6) is -0.777. The number of ether oxygens (including phenoxy) is 1. The second-order valence-corrected chi connectivity index (χ2v) is 4.90. The Morgan fingerprint density at radius 1 is 1.40 bits per heavy atom. The first kappa shape index (κ1) is 16.4. The number of carbonyl (C=O) groups excluding carboxylic acids is 1. The van der Waals surface area contributed by atoms with Gasteiger partial charge in [-0.3, -0.25) is 4.79 Å². The number of nitrogens with one attached hydrogen (secondary N) is 1. The lowest BCUT2D eigenvalue weighted by atomic mass is 10.0. The molecule has 0 radical (unpaired) electrons. The number of halogens is 1. The molecule has 1 rings (SSSR count). The molecule has 0 saturated carbocycles. The molecule has 5 heteroatoms. The molecule has 1 amide bonds. The van der Waals surface area contributed by atoms with Gasteiger partial charge < -0.3 is 15.2 Å². The van der Waals surface area contributed by atoms with Gasteiger partial charge in [0.25, 0.3) is 5.91 Å². The molecule has 0 saturated heterocycles. The van der Waals surface area contributed by atoms with E-state index in [2.05, 4.69) is 5.32 Å². The Kier molecular flexibility index (Phi) is 6.45. The van der Waals surface area contributed by atoms with E-state index in [-0.39, 0.29) is 30.2 Å². The van der Waals surface area contributed by atoms with Gasteiger partial charge in [-0.25, -0.2) is 4.39 Å². The number of carbonyl (C=O) groups is 1. The van der Waals surface area contributed by atoms with Crippen LogP contribution < -0.4 is 10.1 Å². The maximum absolute atomic E-state index is 13.5. The maximum atomic E-state index is 13.5. The summed E-state index contributed by atoms with van der Waals surface area (Å²) in [5.41, 5.74) is 0. The first-order valence-electron chi connectivity index (χ1n) is 6.82. The first-order chi connectivity index (χ1) is 9.49. The third-order valence-electron chi connectivity index (χ3n) is 3.28. The molecule has 112 valence electrons. The molecule has 3 unspecified atom stereocenters. The Labute approximate surface area is 119 Å². The molecule has 0 spiro atoms. The van der Waals surface area contributed by atoms with Gasteiger partial charge in [-0.2, -0.15) is 0 Å². The van der Waals surface area contributed by atoms with Gasteiger partial charge in [0.1, 0.15) is 0 Å². The number of amides is 1. The molecule has 20 heavy (non-hydrogen) atoms. The van der Waals surface area contributed by atoms with Crippen LogP contribution in [0.25, 0.3) is 0 Å². The minimum absolute atomic E-state index is 0.00753. The van der Waals surface area contributed by atoms with Crippen molar-refractivity contribution >= 4 is 5.91 Å². The molecular weight excluding hydrogens is 261 g/mol. The van der Waals surface area contributed by atoms with E-state index in [0.717, 1.165) is 0 Å². The molecule has 0 aliphatic carbocycles. The molecule has 3 atom stereocenters. The zero-order chi connectivity index (χ0) is 15.1. The topological polar surface area (TPSA) is 58.6 Å². The van der Waals surface area contributed by atoms with E-state index in [9.17, 15) is 9.18 Å². The van der Waals surface area contributed by atoms with Crippen LogP contribution in [0.4, 0.5) is 4.39 Å². The number of hydrogen-bond acceptors (Lipinski definition) is 3. The highest BCUT2D eigenvalue weighted by Gasteiger charge is 2.23. The van der Waals surface area contributed by atoms with E-state index in [1.54, 1.807) is 19.1 Å². The number of para-hydroxylation sites is 1. The van der Waals surface area contributed by atoms with Crippen LogP contribution in [0.15, 0.2) is 24.3 Å². The van der Waals surface area contributed by atoms with Crippen LogP contribution in [0.1, 0.15) is 27.2 Å². The number of aliphatic hydroxyl groups is 1. The van der Waals surface area contributed by atoms with E-state index in [4.69, 9.17) is 9.84 Å². The molecule has 1 aromatic rings. The largest absolute Gasteiger partial charge is 0.478 e. The van der Waals surface area contributed by atoms with Gasteiger partial charge in [-0.15, -0.1) is 0 Å². The summed E-state index contributed by atoms with van der Waals surface area (Å²) in [6.45, 7) is 5.44. The Bertz CT molecular complexity index is 439. The van der Waals surface area contributed by atoms with Crippen molar-refractivity contribution in [3.8, 4) is 5.75 Å². The van der Waals surface area contributed by atoms with Crippen LogP contribution in [0, 0.1) is 11.7 Å². The molecular formula is C15H22FNO3. The molecule has 0 aromatic heterocycles. The van der Waals surface area contributed by atoms with E-state index < -0.39 is 11.9 Å². The highest BCUT2D eigenvalue weighted by Crippen LogP contribution is 2.18. The van der Waals surface area contributed by atoms with Gasteiger partial charge in [0, 0.05) is 12.6 Å². The van der Waals surface area contributed by atoms with Crippen LogP contribution in [0.2, 0.25) is 0 Å². The summed E-state index contributed by atoms with van der Waals surface area (Å²) in [7, 11) is 0. The van der Waals surface area contributed by atoms with Crippen LogP contribution in [-0.4, -0.2) is 29.8 Å². The number of aliphatic hydroxyl groups excluding tert-OH is 1. The van der Waals surface area contributed by atoms with Gasteiger partial charge in [0.15, 0.2) is 17.7 Å². The monoisotopic (exact) mass is 283 g/mol. The van der Waals surface area contributed by atoms with Gasteiger partial charge in [0.2, 0.25) is 0 Å². The number of benzene rings is 1. The van der Waals surface area contributed by atoms with Crippen molar-refractivity contribution in [3.63, 3.8) is 0 Å². The fraction of sp³-hybridized carbons (Fsp3) is 0.533. The fourth-order valence-electron chi connectivity index (χ4n) is 1.63. The average molecular weight is 283 g/mol. The molecule has 0 bridgehead atoms. The predicted molar refractivity (Wildman–Crippen MR) is 75.0 cm³/mol. The summed E-state index contributed by atoms with van der Waals surface area (Å²) >= 11 is 0. The Hall–Kier alpha value is -1.62. The lowest BCUT2D eigenvalue weighted by Crippen LogP contribution is -2.45. The van der Waals surface area contributed by atoms with Gasteiger partial charge in [-0.1, -0.05) is 26.0 Å². The van der Waals surface area contributed by atoms with E-state index >= 15 is 0 Å².